The van der Waals surface area contributed by atoms with Crippen molar-refractivity contribution in [3.05, 3.63) is 12.2 Å². The van der Waals surface area contributed by atoms with Gasteiger partial charge in [-0.2, -0.15) is 0 Å². The number of likely N-dealkylation sites (N-methyl/N-ethyl adjacent to an activating group) is 1. The molecule has 4 aliphatic rings. The van der Waals surface area contributed by atoms with Crippen molar-refractivity contribution < 1.29 is 9.59 Å². The van der Waals surface area contributed by atoms with E-state index in [9.17, 15) is 9.59 Å². The number of nitrogens with one attached hydrogen (secondary N) is 2. The van der Waals surface area contributed by atoms with Crippen LogP contribution >= 0.6 is 0 Å². The van der Waals surface area contributed by atoms with E-state index in [-0.39, 0.29) is 35.5 Å². The summed E-state index contributed by atoms with van der Waals surface area (Å²) in [7, 11) is 3.92. The number of likely N-dealkylation sites (tertiary alicyclic amines) is 1. The van der Waals surface area contributed by atoms with Crippen molar-refractivity contribution in [2.75, 3.05) is 66.5 Å². The van der Waals surface area contributed by atoms with Gasteiger partial charge in [-0.25, -0.2) is 0 Å². The van der Waals surface area contributed by atoms with E-state index in [1.54, 1.807) is 7.05 Å². The number of guanidine groups is 1. The van der Waals surface area contributed by atoms with Crippen molar-refractivity contribution in [1.82, 2.24) is 25.3 Å². The first-order valence-corrected chi connectivity index (χ1v) is 11.0. The molecule has 8 nitrogen and oxygen atoms in total. The van der Waals surface area contributed by atoms with Crippen molar-refractivity contribution in [1.29, 1.82) is 0 Å². The van der Waals surface area contributed by atoms with Crippen LogP contribution in [0.25, 0.3) is 0 Å². The Morgan fingerprint density at radius 2 is 1.66 bits per heavy atom. The molecular weight excluding hydrogens is 368 g/mol. The summed E-state index contributed by atoms with van der Waals surface area (Å²) >= 11 is 0. The average Bonchev–Trinajstić information content (AvgIpc) is 3.34. The number of hydrogen-bond donors (Lipinski definition) is 2. The number of amides is 2. The van der Waals surface area contributed by atoms with E-state index in [4.69, 9.17) is 0 Å². The lowest BCUT2D eigenvalue weighted by atomic mass is 9.85. The van der Waals surface area contributed by atoms with Gasteiger partial charge in [-0.05, 0) is 44.8 Å². The highest BCUT2D eigenvalue weighted by molar-refractivity contribution is 6.06. The van der Waals surface area contributed by atoms with Crippen LogP contribution in [-0.2, 0) is 9.59 Å². The Labute approximate surface area is 173 Å². The van der Waals surface area contributed by atoms with E-state index in [0.29, 0.717) is 13.1 Å². The molecule has 160 valence electrons. The summed E-state index contributed by atoms with van der Waals surface area (Å²) in [4.78, 5) is 36.0. The number of aliphatic imine (C=N–C) groups is 1. The zero-order valence-corrected chi connectivity index (χ0v) is 17.6. The fourth-order valence-corrected chi connectivity index (χ4v) is 5.35. The van der Waals surface area contributed by atoms with Gasteiger partial charge in [-0.3, -0.25) is 19.5 Å². The molecule has 3 fully saturated rings. The molecule has 2 aliphatic carbocycles. The molecule has 1 saturated carbocycles. The molecule has 8 heteroatoms. The number of hydrogen-bond acceptors (Lipinski definition) is 5. The number of imide groups is 1. The van der Waals surface area contributed by atoms with Crippen LogP contribution in [0.2, 0.25) is 0 Å². The molecule has 0 aromatic heterocycles. The molecule has 2 N–H and O–H groups in total. The number of rotatable bonds is 6. The fourth-order valence-electron chi connectivity index (χ4n) is 5.35. The van der Waals surface area contributed by atoms with Crippen LogP contribution < -0.4 is 10.6 Å². The largest absolute Gasteiger partial charge is 0.355 e. The zero-order valence-electron chi connectivity index (χ0n) is 17.6. The quantitative estimate of drug-likeness (QED) is 0.272. The Balaban J connectivity index is 1.18. The highest BCUT2D eigenvalue weighted by Gasteiger charge is 2.58. The minimum Gasteiger partial charge on any atom is -0.355 e. The van der Waals surface area contributed by atoms with Crippen LogP contribution in [0.15, 0.2) is 17.1 Å². The van der Waals surface area contributed by atoms with Gasteiger partial charge in [0, 0.05) is 46.3 Å². The monoisotopic (exact) mass is 402 g/mol. The van der Waals surface area contributed by atoms with Gasteiger partial charge in [0.15, 0.2) is 5.96 Å². The summed E-state index contributed by atoms with van der Waals surface area (Å²) in [5.74, 6) is 1.09. The fraction of sp³-hybridized carbons (Fsp3) is 0.762. The molecule has 4 unspecified atom stereocenters. The van der Waals surface area contributed by atoms with E-state index in [1.165, 1.54) is 17.9 Å². The lowest BCUT2D eigenvalue weighted by Crippen LogP contribution is -2.45. The van der Waals surface area contributed by atoms with E-state index in [0.717, 1.165) is 45.1 Å². The van der Waals surface area contributed by atoms with Gasteiger partial charge in [0.1, 0.15) is 0 Å². The SMILES string of the molecule is CN=C(NCCN1CCCN(C)CC1)NCCN1C(=O)C2C3C=CC(C3)C2C1=O. The van der Waals surface area contributed by atoms with Crippen molar-refractivity contribution in [2.24, 2.45) is 28.7 Å². The van der Waals surface area contributed by atoms with Crippen LogP contribution in [0.3, 0.4) is 0 Å². The number of carbonyl (C=O) groups is 2. The van der Waals surface area contributed by atoms with Gasteiger partial charge < -0.3 is 20.4 Å². The van der Waals surface area contributed by atoms with Gasteiger partial charge in [0.25, 0.3) is 0 Å². The lowest BCUT2D eigenvalue weighted by molar-refractivity contribution is -0.140. The molecule has 0 spiro atoms. The molecule has 2 amide bonds. The highest BCUT2D eigenvalue weighted by atomic mass is 16.2. The van der Waals surface area contributed by atoms with Crippen LogP contribution in [0.4, 0.5) is 0 Å². The standard InChI is InChI=1S/C21H34N6O2/c1-22-21(23-6-10-26-9-3-8-25(2)12-13-26)24-7-11-27-19(28)17-15-4-5-16(14-15)18(17)20(27)29/h4-5,15-18H,3,6-14H2,1-2H3,(H2,22,23,24). The van der Waals surface area contributed by atoms with E-state index in [1.807, 2.05) is 0 Å². The van der Waals surface area contributed by atoms with Crippen molar-refractivity contribution in [3.8, 4) is 0 Å². The molecule has 2 heterocycles. The van der Waals surface area contributed by atoms with Crippen LogP contribution in [0.1, 0.15) is 12.8 Å². The van der Waals surface area contributed by atoms with Gasteiger partial charge in [-0.1, -0.05) is 12.2 Å². The lowest BCUT2D eigenvalue weighted by Gasteiger charge is -2.21. The Hall–Kier alpha value is -1.93. The van der Waals surface area contributed by atoms with Crippen LogP contribution in [0, 0.1) is 23.7 Å². The molecule has 2 aliphatic heterocycles. The summed E-state index contributed by atoms with van der Waals surface area (Å²) in [5, 5.41) is 6.59. The van der Waals surface area contributed by atoms with Gasteiger partial charge in [0.05, 0.1) is 11.8 Å². The average molecular weight is 403 g/mol. The molecule has 0 radical (unpaired) electrons. The Bertz CT molecular complexity index is 663. The van der Waals surface area contributed by atoms with Crippen molar-refractivity contribution in [3.63, 3.8) is 0 Å². The second kappa shape index (κ2) is 8.83. The van der Waals surface area contributed by atoms with E-state index >= 15 is 0 Å². The molecule has 4 atom stereocenters. The molecule has 0 aromatic rings. The maximum Gasteiger partial charge on any atom is 0.233 e. The molecule has 2 saturated heterocycles. The smallest absolute Gasteiger partial charge is 0.233 e. The number of nitrogens with zero attached hydrogens (tertiary/aromatic N) is 4. The third kappa shape index (κ3) is 4.19. The Kier molecular flexibility index (Phi) is 6.20. The number of fused-ring (bicyclic) bond motifs is 5. The maximum absolute atomic E-state index is 12.7. The summed E-state index contributed by atoms with van der Waals surface area (Å²) in [5.41, 5.74) is 0. The third-order valence-corrected chi connectivity index (χ3v) is 6.95. The molecule has 2 bridgehead atoms. The second-order valence-electron chi connectivity index (χ2n) is 8.75. The van der Waals surface area contributed by atoms with Gasteiger partial charge in [0.2, 0.25) is 11.8 Å². The predicted octanol–water partition coefficient (Wildman–Crippen LogP) is -0.404. The van der Waals surface area contributed by atoms with Crippen molar-refractivity contribution >= 4 is 17.8 Å². The van der Waals surface area contributed by atoms with Gasteiger partial charge >= 0.3 is 0 Å². The first-order chi connectivity index (χ1) is 14.1. The van der Waals surface area contributed by atoms with E-state index < -0.39 is 0 Å². The molecule has 0 aromatic carbocycles. The van der Waals surface area contributed by atoms with Crippen LogP contribution in [0.5, 0.6) is 0 Å². The summed E-state index contributed by atoms with van der Waals surface area (Å²) in [6.45, 7) is 7.25. The van der Waals surface area contributed by atoms with Crippen LogP contribution in [-0.4, -0.2) is 98.9 Å². The second-order valence-corrected chi connectivity index (χ2v) is 8.75. The zero-order chi connectivity index (χ0) is 20.4. The Morgan fingerprint density at radius 3 is 2.31 bits per heavy atom. The minimum atomic E-state index is -0.109. The van der Waals surface area contributed by atoms with Gasteiger partial charge in [-0.15, -0.1) is 0 Å². The van der Waals surface area contributed by atoms with E-state index in [2.05, 4.69) is 44.6 Å². The van der Waals surface area contributed by atoms with Crippen molar-refractivity contribution in [2.45, 2.75) is 12.8 Å². The Morgan fingerprint density at radius 1 is 1.00 bits per heavy atom. The maximum atomic E-state index is 12.7. The predicted molar refractivity (Wildman–Crippen MR) is 112 cm³/mol. The number of allylic oxidation sites excluding steroid dienone is 2. The third-order valence-electron chi connectivity index (χ3n) is 6.95. The minimum absolute atomic E-state index is 0.0210. The summed E-state index contributed by atoms with van der Waals surface area (Å²) in [6.07, 6.45) is 6.45. The molecular formula is C21H34N6O2. The topological polar surface area (TPSA) is 80.3 Å². The first-order valence-electron chi connectivity index (χ1n) is 11.0. The number of carbonyl (C=O) groups excluding carboxylic acids is 2. The summed E-state index contributed by atoms with van der Waals surface area (Å²) in [6, 6.07) is 0. The first kappa shape index (κ1) is 20.3. The molecule has 4 rings (SSSR count). The normalized spacial score (nSPS) is 32.8. The highest BCUT2D eigenvalue weighted by Crippen LogP contribution is 2.52. The molecule has 29 heavy (non-hydrogen) atoms. The summed E-state index contributed by atoms with van der Waals surface area (Å²) < 4.78 is 0.